The number of pyridine rings is 1. The molecule has 3 aromatic rings. The minimum absolute atomic E-state index is 0.00930. The molecule has 1 amide bonds. The van der Waals surface area contributed by atoms with Crippen molar-refractivity contribution in [2.45, 2.75) is 32.5 Å². The Labute approximate surface area is 189 Å². The summed E-state index contributed by atoms with van der Waals surface area (Å²) in [5.74, 6) is -2.11. The summed E-state index contributed by atoms with van der Waals surface area (Å²) in [6.07, 6.45) is 1.74. The van der Waals surface area contributed by atoms with E-state index in [9.17, 15) is 18.7 Å². The van der Waals surface area contributed by atoms with Gasteiger partial charge in [-0.2, -0.15) is 0 Å². The summed E-state index contributed by atoms with van der Waals surface area (Å²) in [4.78, 5) is 22.4. The first-order valence-corrected chi connectivity index (χ1v) is 10.5. The van der Waals surface area contributed by atoms with E-state index >= 15 is 0 Å². The smallest absolute Gasteiger partial charge is 0.257 e. The van der Waals surface area contributed by atoms with Crippen molar-refractivity contribution in [3.05, 3.63) is 65.1 Å². The molecule has 0 radical (unpaired) electrons. The molecule has 4 rings (SSSR count). The van der Waals surface area contributed by atoms with E-state index < -0.39 is 29.2 Å². The van der Waals surface area contributed by atoms with Crippen LogP contribution in [0.4, 0.5) is 8.78 Å². The van der Waals surface area contributed by atoms with Gasteiger partial charge in [-0.15, -0.1) is 0 Å². The number of ether oxygens (including phenoxy) is 2. The molecule has 7 nitrogen and oxygen atoms in total. The normalized spacial score (nSPS) is 16.2. The van der Waals surface area contributed by atoms with Crippen LogP contribution in [-0.4, -0.2) is 52.4 Å². The summed E-state index contributed by atoms with van der Waals surface area (Å²) < 4.78 is 38.0. The minimum atomic E-state index is -1.34. The molecule has 0 fully saturated rings. The number of aliphatic hydroxyl groups is 1. The Morgan fingerprint density at radius 1 is 1.30 bits per heavy atom. The van der Waals surface area contributed by atoms with Crippen molar-refractivity contribution in [1.82, 2.24) is 14.9 Å². The summed E-state index contributed by atoms with van der Waals surface area (Å²) >= 11 is 0. The zero-order valence-electron chi connectivity index (χ0n) is 18.8. The van der Waals surface area contributed by atoms with Crippen molar-refractivity contribution >= 4 is 22.5 Å². The fraction of sp³-hybridized carbons (Fsp3) is 0.333. The van der Waals surface area contributed by atoms with Crippen LogP contribution in [0.1, 0.15) is 42.4 Å². The molecular formula is C24H25F2N3O4. The number of amides is 1. The van der Waals surface area contributed by atoms with E-state index in [4.69, 9.17) is 9.47 Å². The van der Waals surface area contributed by atoms with Gasteiger partial charge in [0, 0.05) is 41.3 Å². The lowest BCUT2D eigenvalue weighted by Gasteiger charge is -2.29. The SMILES string of the molecule is CCOC(O)C1=CN(C(=O)c2ccc(F)c(F)c2)CC(C)(C)c2c1[nH]c1ncc(OC)cc21. The predicted molar refractivity (Wildman–Crippen MR) is 119 cm³/mol. The van der Waals surface area contributed by atoms with E-state index in [0.29, 0.717) is 22.7 Å². The average Bonchev–Trinajstić information content (AvgIpc) is 3.11. The lowest BCUT2D eigenvalue weighted by Crippen LogP contribution is -2.37. The van der Waals surface area contributed by atoms with Crippen LogP contribution in [0.5, 0.6) is 5.75 Å². The number of aromatic nitrogens is 2. The molecule has 0 aliphatic carbocycles. The first-order valence-electron chi connectivity index (χ1n) is 10.5. The van der Waals surface area contributed by atoms with E-state index in [1.807, 2.05) is 19.9 Å². The number of aliphatic hydroxyl groups excluding tert-OH is 1. The molecule has 0 bridgehead atoms. The van der Waals surface area contributed by atoms with Gasteiger partial charge in [0.1, 0.15) is 11.4 Å². The van der Waals surface area contributed by atoms with Gasteiger partial charge in [-0.05, 0) is 36.8 Å². The number of nitrogens with one attached hydrogen (secondary N) is 1. The molecule has 1 aromatic carbocycles. The maximum Gasteiger partial charge on any atom is 0.257 e. The fourth-order valence-corrected chi connectivity index (χ4v) is 4.23. The highest BCUT2D eigenvalue weighted by atomic mass is 19.2. The number of methoxy groups -OCH3 is 1. The lowest BCUT2D eigenvalue weighted by atomic mass is 9.82. The van der Waals surface area contributed by atoms with Crippen molar-refractivity contribution in [2.75, 3.05) is 20.3 Å². The minimum Gasteiger partial charge on any atom is -0.495 e. The number of aromatic amines is 1. The molecule has 174 valence electrons. The molecule has 1 unspecified atom stereocenters. The number of rotatable bonds is 5. The van der Waals surface area contributed by atoms with Crippen LogP contribution >= 0.6 is 0 Å². The van der Waals surface area contributed by atoms with Gasteiger partial charge in [0.2, 0.25) is 0 Å². The van der Waals surface area contributed by atoms with E-state index in [1.54, 1.807) is 20.2 Å². The number of fused-ring (bicyclic) bond motifs is 3. The van der Waals surface area contributed by atoms with Crippen molar-refractivity contribution < 1.29 is 28.2 Å². The molecule has 1 atom stereocenters. The third-order valence-corrected chi connectivity index (χ3v) is 5.71. The second-order valence-electron chi connectivity index (χ2n) is 8.48. The zero-order valence-corrected chi connectivity index (χ0v) is 18.8. The molecule has 33 heavy (non-hydrogen) atoms. The van der Waals surface area contributed by atoms with Gasteiger partial charge in [-0.1, -0.05) is 13.8 Å². The van der Waals surface area contributed by atoms with Gasteiger partial charge >= 0.3 is 0 Å². The summed E-state index contributed by atoms with van der Waals surface area (Å²) in [7, 11) is 1.55. The number of H-pyrrole nitrogens is 1. The zero-order chi connectivity index (χ0) is 23.9. The number of halogens is 2. The molecule has 9 heteroatoms. The highest BCUT2D eigenvalue weighted by molar-refractivity contribution is 5.97. The maximum absolute atomic E-state index is 13.8. The van der Waals surface area contributed by atoms with Crippen LogP contribution in [0.15, 0.2) is 36.7 Å². The van der Waals surface area contributed by atoms with Gasteiger partial charge in [0.15, 0.2) is 17.9 Å². The van der Waals surface area contributed by atoms with E-state index in [0.717, 1.165) is 23.1 Å². The Kier molecular flexibility index (Phi) is 5.94. The Hall–Kier alpha value is -3.30. The predicted octanol–water partition coefficient (Wildman–Crippen LogP) is 3.98. The largest absolute Gasteiger partial charge is 0.495 e. The number of benzene rings is 1. The monoisotopic (exact) mass is 457 g/mol. The second kappa shape index (κ2) is 8.57. The van der Waals surface area contributed by atoms with E-state index in [-0.39, 0.29) is 18.7 Å². The number of carbonyl (C=O) groups excluding carboxylic acids is 1. The molecule has 1 aliphatic rings. The maximum atomic E-state index is 13.8. The van der Waals surface area contributed by atoms with Gasteiger partial charge in [0.25, 0.3) is 5.91 Å². The third kappa shape index (κ3) is 4.09. The van der Waals surface area contributed by atoms with Crippen molar-refractivity contribution in [3.8, 4) is 5.75 Å². The summed E-state index contributed by atoms with van der Waals surface area (Å²) in [6.45, 7) is 6.08. The Balaban J connectivity index is 1.89. The summed E-state index contributed by atoms with van der Waals surface area (Å²) in [5.41, 5.74) is 1.70. The highest BCUT2D eigenvalue weighted by Gasteiger charge is 2.37. The van der Waals surface area contributed by atoms with Crippen LogP contribution in [0.3, 0.4) is 0 Å². The molecule has 2 N–H and O–H groups in total. The number of carbonyl (C=O) groups is 1. The van der Waals surface area contributed by atoms with Gasteiger partial charge in [-0.25, -0.2) is 13.8 Å². The average molecular weight is 457 g/mol. The Morgan fingerprint density at radius 3 is 2.73 bits per heavy atom. The van der Waals surface area contributed by atoms with Crippen LogP contribution in [0.2, 0.25) is 0 Å². The molecule has 3 heterocycles. The lowest BCUT2D eigenvalue weighted by molar-refractivity contribution is -0.0515. The molecule has 0 saturated heterocycles. The van der Waals surface area contributed by atoms with Gasteiger partial charge in [-0.3, -0.25) is 4.79 Å². The number of hydrogen-bond donors (Lipinski definition) is 2. The second-order valence-corrected chi connectivity index (χ2v) is 8.48. The fourth-order valence-electron chi connectivity index (χ4n) is 4.23. The molecular weight excluding hydrogens is 432 g/mol. The summed E-state index contributed by atoms with van der Waals surface area (Å²) in [6, 6.07) is 4.86. The van der Waals surface area contributed by atoms with Gasteiger partial charge in [0.05, 0.1) is 19.0 Å². The van der Waals surface area contributed by atoms with Crippen LogP contribution < -0.4 is 4.74 Å². The van der Waals surface area contributed by atoms with Crippen molar-refractivity contribution in [1.29, 1.82) is 0 Å². The quantitative estimate of drug-likeness (QED) is 0.566. The number of nitrogens with zero attached hydrogens (tertiary/aromatic N) is 2. The van der Waals surface area contributed by atoms with Crippen LogP contribution in [0.25, 0.3) is 16.6 Å². The van der Waals surface area contributed by atoms with Crippen molar-refractivity contribution in [2.24, 2.45) is 0 Å². The molecule has 2 aromatic heterocycles. The van der Waals surface area contributed by atoms with E-state index in [1.165, 1.54) is 17.2 Å². The molecule has 0 spiro atoms. The Morgan fingerprint density at radius 2 is 2.06 bits per heavy atom. The topological polar surface area (TPSA) is 87.7 Å². The van der Waals surface area contributed by atoms with Crippen LogP contribution in [-0.2, 0) is 10.2 Å². The first-order chi connectivity index (χ1) is 15.7. The third-order valence-electron chi connectivity index (χ3n) is 5.71. The standard InChI is InChI=1S/C24H25F2N3O4/c1-5-33-23(31)16-11-29(22(30)13-6-7-17(25)18(26)8-13)12-24(2,3)19-15-9-14(32-4)10-27-21(15)28-20(16)19/h6-11,23,31H,5,12H2,1-4H3,(H,27,28). The van der Waals surface area contributed by atoms with Gasteiger partial charge < -0.3 is 24.5 Å². The highest BCUT2D eigenvalue weighted by Crippen LogP contribution is 2.41. The van der Waals surface area contributed by atoms with E-state index in [2.05, 4.69) is 9.97 Å². The van der Waals surface area contributed by atoms with Crippen molar-refractivity contribution in [3.63, 3.8) is 0 Å². The first kappa shape index (κ1) is 22.9. The molecule has 1 aliphatic heterocycles. The molecule has 0 saturated carbocycles. The summed E-state index contributed by atoms with van der Waals surface area (Å²) in [5, 5.41) is 11.6. The number of hydrogen-bond acceptors (Lipinski definition) is 5. The van der Waals surface area contributed by atoms with Crippen LogP contribution in [0, 0.1) is 11.6 Å². The Bertz CT molecular complexity index is 1250.